The Balaban J connectivity index is 1.94. The smallest absolute Gasteiger partial charge is 0.134 e. The summed E-state index contributed by atoms with van der Waals surface area (Å²) in [6.07, 6.45) is 1.71. The number of nitrogens with one attached hydrogen (secondary N) is 1. The van der Waals surface area contributed by atoms with E-state index in [9.17, 15) is 0 Å². The van der Waals surface area contributed by atoms with Crippen LogP contribution in [-0.4, -0.2) is 46.3 Å². The van der Waals surface area contributed by atoms with E-state index >= 15 is 0 Å². The van der Waals surface area contributed by atoms with Gasteiger partial charge >= 0.3 is 0 Å². The zero-order valence-corrected chi connectivity index (χ0v) is 12.2. The van der Waals surface area contributed by atoms with Crippen LogP contribution in [0.15, 0.2) is 0 Å². The lowest BCUT2D eigenvalue weighted by atomic mass is 10.2. The van der Waals surface area contributed by atoms with E-state index in [-0.39, 0.29) is 0 Å². The van der Waals surface area contributed by atoms with E-state index in [4.69, 9.17) is 4.74 Å². The molecule has 18 heavy (non-hydrogen) atoms. The van der Waals surface area contributed by atoms with E-state index < -0.39 is 0 Å². The summed E-state index contributed by atoms with van der Waals surface area (Å²) in [5.74, 6) is 0. The Bertz CT molecular complexity index is 361. The van der Waals surface area contributed by atoms with Crippen LogP contribution in [0.1, 0.15) is 32.9 Å². The molecule has 1 aromatic heterocycles. The third-order valence-corrected chi connectivity index (χ3v) is 3.69. The van der Waals surface area contributed by atoms with E-state index in [0.29, 0.717) is 12.2 Å². The van der Waals surface area contributed by atoms with Gasteiger partial charge in [0.05, 0.1) is 12.2 Å². The molecule has 2 heterocycles. The molecule has 0 unspecified atom stereocenters. The highest BCUT2D eigenvalue weighted by Gasteiger charge is 2.23. The Hall–Kier alpha value is -0.720. The largest absolute Gasteiger partial charge is 0.374 e. The molecule has 1 fully saturated rings. The molecule has 1 aliphatic rings. The predicted molar refractivity (Wildman–Crippen MR) is 74.0 cm³/mol. The second-order valence-corrected chi connectivity index (χ2v) is 5.68. The number of ether oxygens (including phenoxy) is 1. The van der Waals surface area contributed by atoms with Crippen molar-refractivity contribution < 1.29 is 4.74 Å². The van der Waals surface area contributed by atoms with Gasteiger partial charge in [-0.2, -0.15) is 0 Å². The predicted octanol–water partition coefficient (Wildman–Crippen LogP) is 1.97. The lowest BCUT2D eigenvalue weighted by Gasteiger charge is -2.34. The molecule has 0 bridgehead atoms. The van der Waals surface area contributed by atoms with Gasteiger partial charge in [0, 0.05) is 37.7 Å². The molecule has 2 rings (SSSR count). The monoisotopic (exact) mass is 270 g/mol. The fourth-order valence-corrected chi connectivity index (χ4v) is 2.91. The molecule has 0 saturated carbocycles. The number of rotatable bonds is 5. The summed E-state index contributed by atoms with van der Waals surface area (Å²) in [5.41, 5.74) is 1.06. The average molecular weight is 270 g/mol. The van der Waals surface area contributed by atoms with Crippen molar-refractivity contribution in [1.29, 1.82) is 0 Å². The first-order valence-corrected chi connectivity index (χ1v) is 7.39. The lowest BCUT2D eigenvalue weighted by Crippen LogP contribution is -2.44. The van der Waals surface area contributed by atoms with E-state index in [0.717, 1.165) is 43.3 Å². The van der Waals surface area contributed by atoms with Crippen molar-refractivity contribution in [3.8, 4) is 0 Å². The molecule has 0 spiro atoms. The maximum Gasteiger partial charge on any atom is 0.134 e. The number of anilines is 1. The molecule has 2 atom stereocenters. The molecule has 1 aromatic rings. The highest BCUT2D eigenvalue weighted by Crippen LogP contribution is 2.21. The van der Waals surface area contributed by atoms with Gasteiger partial charge in [0.1, 0.15) is 10.7 Å². The molecule has 1 N–H and O–H groups in total. The molecule has 1 saturated heterocycles. The summed E-state index contributed by atoms with van der Waals surface area (Å²) in [7, 11) is 0. The molecule has 0 aliphatic carbocycles. The summed E-state index contributed by atoms with van der Waals surface area (Å²) in [6.45, 7) is 10.2. The lowest BCUT2D eigenvalue weighted by molar-refractivity contribution is -0.0707. The quantitative estimate of drug-likeness (QED) is 0.886. The molecule has 5 nitrogen and oxygen atoms in total. The van der Waals surface area contributed by atoms with E-state index in [1.165, 1.54) is 11.5 Å². The van der Waals surface area contributed by atoms with Crippen molar-refractivity contribution in [2.45, 2.75) is 45.9 Å². The maximum absolute atomic E-state index is 5.74. The Kier molecular flexibility index (Phi) is 4.91. The van der Waals surface area contributed by atoms with Crippen LogP contribution in [0.5, 0.6) is 0 Å². The van der Waals surface area contributed by atoms with Crippen LogP contribution < -0.4 is 5.32 Å². The molecule has 102 valence electrons. The summed E-state index contributed by atoms with van der Waals surface area (Å²) in [6, 6.07) is 0. The second kappa shape index (κ2) is 6.45. The normalized spacial score (nSPS) is 25.3. The van der Waals surface area contributed by atoms with Crippen molar-refractivity contribution in [3.05, 3.63) is 5.69 Å². The Morgan fingerprint density at radius 2 is 2.11 bits per heavy atom. The zero-order chi connectivity index (χ0) is 13.0. The second-order valence-electron chi connectivity index (χ2n) is 4.93. The summed E-state index contributed by atoms with van der Waals surface area (Å²) in [5, 5.41) is 8.74. The minimum Gasteiger partial charge on any atom is -0.374 e. The van der Waals surface area contributed by atoms with Crippen LogP contribution in [0.4, 0.5) is 5.00 Å². The third kappa shape index (κ3) is 3.63. The SMILES string of the molecule is CCCNc1snnc1CN1C[C@@H](C)O[C@@H](C)C1. The van der Waals surface area contributed by atoms with Crippen molar-refractivity contribution in [3.63, 3.8) is 0 Å². The van der Waals surface area contributed by atoms with Gasteiger partial charge in [-0.25, -0.2) is 0 Å². The molecular weight excluding hydrogens is 248 g/mol. The minimum atomic E-state index is 0.299. The summed E-state index contributed by atoms with van der Waals surface area (Å²) >= 11 is 1.45. The van der Waals surface area contributed by atoms with Gasteiger partial charge in [-0.05, 0) is 20.3 Å². The van der Waals surface area contributed by atoms with Crippen LogP contribution in [0.2, 0.25) is 0 Å². The minimum absolute atomic E-state index is 0.299. The van der Waals surface area contributed by atoms with Crippen LogP contribution in [0.25, 0.3) is 0 Å². The van der Waals surface area contributed by atoms with E-state index in [1.54, 1.807) is 0 Å². The molecule has 0 aromatic carbocycles. The Morgan fingerprint density at radius 1 is 1.39 bits per heavy atom. The maximum atomic E-state index is 5.74. The highest BCUT2D eigenvalue weighted by molar-refractivity contribution is 7.10. The number of morpholine rings is 1. The fourth-order valence-electron chi connectivity index (χ4n) is 2.31. The van der Waals surface area contributed by atoms with Crippen LogP contribution in [0, 0.1) is 0 Å². The van der Waals surface area contributed by atoms with Gasteiger partial charge in [0.2, 0.25) is 0 Å². The topological polar surface area (TPSA) is 50.3 Å². The van der Waals surface area contributed by atoms with Gasteiger partial charge in [-0.3, -0.25) is 4.90 Å². The zero-order valence-electron chi connectivity index (χ0n) is 11.3. The fraction of sp³-hybridized carbons (Fsp3) is 0.833. The Morgan fingerprint density at radius 3 is 2.78 bits per heavy atom. The van der Waals surface area contributed by atoms with Gasteiger partial charge in [-0.1, -0.05) is 11.4 Å². The number of nitrogens with zero attached hydrogens (tertiary/aromatic N) is 3. The number of hydrogen-bond acceptors (Lipinski definition) is 6. The van der Waals surface area contributed by atoms with Gasteiger partial charge in [-0.15, -0.1) is 5.10 Å². The van der Waals surface area contributed by atoms with Crippen molar-refractivity contribution in [2.24, 2.45) is 0 Å². The summed E-state index contributed by atoms with van der Waals surface area (Å²) < 4.78 is 9.79. The van der Waals surface area contributed by atoms with Crippen LogP contribution >= 0.6 is 11.5 Å². The number of aromatic nitrogens is 2. The van der Waals surface area contributed by atoms with Crippen molar-refractivity contribution >= 4 is 16.5 Å². The molecule has 0 radical (unpaired) electrons. The van der Waals surface area contributed by atoms with E-state index in [1.807, 2.05) is 0 Å². The molecular formula is C12H22N4OS. The first-order valence-electron chi connectivity index (χ1n) is 6.62. The molecule has 0 amide bonds. The van der Waals surface area contributed by atoms with Crippen LogP contribution in [-0.2, 0) is 11.3 Å². The highest BCUT2D eigenvalue weighted by atomic mass is 32.1. The summed E-state index contributed by atoms with van der Waals surface area (Å²) in [4.78, 5) is 2.40. The van der Waals surface area contributed by atoms with Gasteiger partial charge < -0.3 is 10.1 Å². The van der Waals surface area contributed by atoms with Gasteiger partial charge in [0.15, 0.2) is 0 Å². The van der Waals surface area contributed by atoms with Crippen molar-refractivity contribution in [2.75, 3.05) is 25.0 Å². The Labute approximate surface area is 113 Å². The molecule has 1 aliphatic heterocycles. The third-order valence-electron chi connectivity index (χ3n) is 2.96. The first-order chi connectivity index (χ1) is 8.69. The number of hydrogen-bond donors (Lipinski definition) is 1. The first kappa shape index (κ1) is 13.7. The van der Waals surface area contributed by atoms with Crippen LogP contribution in [0.3, 0.4) is 0 Å². The standard InChI is InChI=1S/C12H22N4OS/c1-4-5-13-12-11(14-15-18-12)8-16-6-9(2)17-10(3)7-16/h9-10,13H,4-8H2,1-3H3/t9-,10+. The van der Waals surface area contributed by atoms with Crippen molar-refractivity contribution in [1.82, 2.24) is 14.5 Å². The van der Waals surface area contributed by atoms with E-state index in [2.05, 4.69) is 40.6 Å². The van der Waals surface area contributed by atoms with Gasteiger partial charge in [0.25, 0.3) is 0 Å². The molecule has 6 heteroatoms. The average Bonchev–Trinajstić information content (AvgIpc) is 2.72.